The number of hydrogen-bond acceptors (Lipinski definition) is 3. The molecular formula is C12H18N2O2. The first-order valence-electron chi connectivity index (χ1n) is 5.22. The van der Waals surface area contributed by atoms with Crippen LogP contribution in [0.25, 0.3) is 0 Å². The van der Waals surface area contributed by atoms with Gasteiger partial charge in [-0.05, 0) is 39.8 Å². The first-order valence-corrected chi connectivity index (χ1v) is 5.22. The molecule has 88 valence electrons. The fourth-order valence-electron chi connectivity index (χ4n) is 1.54. The molecule has 0 unspecified atom stereocenters. The van der Waals surface area contributed by atoms with Crippen molar-refractivity contribution in [1.29, 1.82) is 0 Å². The minimum Gasteiger partial charge on any atom is -0.324 e. The maximum absolute atomic E-state index is 12.0. The summed E-state index contributed by atoms with van der Waals surface area (Å²) in [6.45, 7) is 7.32. The smallest absolute Gasteiger partial charge is 0.261 e. The van der Waals surface area contributed by atoms with Crippen molar-refractivity contribution < 1.29 is 4.79 Å². The van der Waals surface area contributed by atoms with Gasteiger partial charge in [0.2, 0.25) is 0 Å². The molecule has 0 saturated heterocycles. The van der Waals surface area contributed by atoms with Gasteiger partial charge in [0, 0.05) is 17.8 Å². The predicted molar refractivity (Wildman–Crippen MR) is 63.7 cm³/mol. The van der Waals surface area contributed by atoms with E-state index in [4.69, 9.17) is 5.73 Å². The Morgan fingerprint density at radius 3 is 2.44 bits per heavy atom. The number of carbonyl (C=O) groups excluding carboxylic acids is 1. The third kappa shape index (κ3) is 2.79. The van der Waals surface area contributed by atoms with Crippen LogP contribution in [0, 0.1) is 6.92 Å². The van der Waals surface area contributed by atoms with Crippen LogP contribution in [0.2, 0.25) is 0 Å². The van der Waals surface area contributed by atoms with E-state index in [9.17, 15) is 9.59 Å². The summed E-state index contributed by atoms with van der Waals surface area (Å²) in [4.78, 5) is 23.2. The lowest BCUT2D eigenvalue weighted by Crippen LogP contribution is -2.42. The number of nitrogens with zero attached hydrogens (tertiary/aromatic N) is 1. The number of carbonyl (C=O) groups is 1. The molecule has 0 aromatic carbocycles. The molecule has 0 saturated carbocycles. The summed E-state index contributed by atoms with van der Waals surface area (Å²) < 4.78 is 1.55. The summed E-state index contributed by atoms with van der Waals surface area (Å²) in [7, 11) is 0. The number of nitrogens with two attached hydrogens (primary N) is 1. The fourth-order valence-corrected chi connectivity index (χ4v) is 1.54. The Labute approximate surface area is 95.1 Å². The average molecular weight is 222 g/mol. The van der Waals surface area contributed by atoms with Crippen LogP contribution in [0.5, 0.6) is 0 Å². The third-order valence-corrected chi connectivity index (χ3v) is 2.34. The van der Waals surface area contributed by atoms with Crippen LogP contribution in [-0.4, -0.2) is 15.9 Å². The lowest BCUT2D eigenvalue weighted by Gasteiger charge is -2.22. The molecule has 16 heavy (non-hydrogen) atoms. The molecule has 1 heterocycles. The van der Waals surface area contributed by atoms with Crippen LogP contribution in [0.3, 0.4) is 0 Å². The molecule has 0 aliphatic heterocycles. The van der Waals surface area contributed by atoms with Crippen molar-refractivity contribution >= 4 is 5.78 Å². The quantitative estimate of drug-likeness (QED) is 0.779. The number of aryl methyl sites for hydroxylation is 1. The molecule has 0 atom stereocenters. The summed E-state index contributed by atoms with van der Waals surface area (Å²) in [5.41, 5.74) is 6.18. The Hall–Kier alpha value is -1.42. The largest absolute Gasteiger partial charge is 0.324 e. The van der Waals surface area contributed by atoms with Crippen LogP contribution in [0.4, 0.5) is 0 Å². The number of pyridine rings is 1. The summed E-state index contributed by atoms with van der Waals surface area (Å²) in [6.07, 6.45) is 0. The van der Waals surface area contributed by atoms with E-state index < -0.39 is 5.54 Å². The molecule has 0 aliphatic carbocycles. The van der Waals surface area contributed by atoms with Gasteiger partial charge in [-0.25, -0.2) is 0 Å². The topological polar surface area (TPSA) is 65.1 Å². The average Bonchev–Trinajstić information content (AvgIpc) is 2.10. The number of hydrogen-bond donors (Lipinski definition) is 1. The molecule has 1 aromatic heterocycles. The van der Waals surface area contributed by atoms with Crippen molar-refractivity contribution in [2.24, 2.45) is 5.73 Å². The van der Waals surface area contributed by atoms with Crippen LogP contribution in [0.1, 0.15) is 36.8 Å². The first kappa shape index (κ1) is 12.6. The molecule has 0 fully saturated rings. The number of aromatic nitrogens is 1. The molecule has 1 rings (SSSR count). The number of rotatable bonds is 3. The van der Waals surface area contributed by atoms with Crippen molar-refractivity contribution in [2.45, 2.75) is 39.8 Å². The maximum atomic E-state index is 12.0. The highest BCUT2D eigenvalue weighted by atomic mass is 16.1. The molecule has 1 aromatic rings. The van der Waals surface area contributed by atoms with E-state index >= 15 is 0 Å². The molecule has 0 amide bonds. The highest BCUT2D eigenvalue weighted by Crippen LogP contribution is 2.05. The van der Waals surface area contributed by atoms with Gasteiger partial charge in [0.05, 0.1) is 5.56 Å². The van der Waals surface area contributed by atoms with Crippen LogP contribution >= 0.6 is 0 Å². The number of ketones is 1. The van der Waals surface area contributed by atoms with Crippen molar-refractivity contribution in [1.82, 2.24) is 4.57 Å². The van der Waals surface area contributed by atoms with E-state index in [0.717, 1.165) is 5.69 Å². The zero-order chi connectivity index (χ0) is 12.5. The van der Waals surface area contributed by atoms with Crippen LogP contribution < -0.4 is 11.3 Å². The van der Waals surface area contributed by atoms with Crippen molar-refractivity contribution in [2.75, 3.05) is 0 Å². The Kier molecular flexibility index (Phi) is 3.33. The Morgan fingerprint density at radius 1 is 1.44 bits per heavy atom. The Balaban J connectivity index is 3.33. The Bertz CT molecular complexity index is 467. The predicted octanol–water partition coefficient (Wildman–Crippen LogP) is 1.10. The van der Waals surface area contributed by atoms with Crippen molar-refractivity contribution in [3.63, 3.8) is 0 Å². The summed E-state index contributed by atoms with van der Waals surface area (Å²) in [6, 6.07) is 3.34. The lowest BCUT2D eigenvalue weighted by molar-refractivity contribution is 0.101. The van der Waals surface area contributed by atoms with Gasteiger partial charge in [-0.15, -0.1) is 0 Å². The second-order valence-electron chi connectivity index (χ2n) is 4.82. The van der Waals surface area contributed by atoms with E-state index in [1.807, 2.05) is 20.8 Å². The van der Waals surface area contributed by atoms with Crippen molar-refractivity contribution in [3.05, 3.63) is 33.7 Å². The van der Waals surface area contributed by atoms with Crippen molar-refractivity contribution in [3.8, 4) is 0 Å². The van der Waals surface area contributed by atoms with E-state index in [0.29, 0.717) is 6.54 Å². The molecule has 2 N–H and O–H groups in total. The molecule has 4 heteroatoms. The van der Waals surface area contributed by atoms with Gasteiger partial charge >= 0.3 is 0 Å². The van der Waals surface area contributed by atoms with Crippen LogP contribution in [0.15, 0.2) is 16.9 Å². The molecule has 0 bridgehead atoms. The van der Waals surface area contributed by atoms with Gasteiger partial charge in [-0.2, -0.15) is 0 Å². The molecule has 4 nitrogen and oxygen atoms in total. The number of Topliss-reactive ketones (excluding diaryl/α,β-unsaturated/α-hetero) is 1. The SMILES string of the molecule is CC(=O)c1ccc(C)n(CC(C)(C)N)c1=O. The summed E-state index contributed by atoms with van der Waals surface area (Å²) >= 11 is 0. The monoisotopic (exact) mass is 222 g/mol. The first-order chi connectivity index (χ1) is 7.22. The zero-order valence-corrected chi connectivity index (χ0v) is 10.2. The highest BCUT2D eigenvalue weighted by molar-refractivity contribution is 5.93. The van der Waals surface area contributed by atoms with E-state index in [-0.39, 0.29) is 16.9 Å². The van der Waals surface area contributed by atoms with E-state index in [1.165, 1.54) is 6.92 Å². The van der Waals surface area contributed by atoms with Gasteiger partial charge in [-0.1, -0.05) is 0 Å². The Morgan fingerprint density at radius 2 is 2.00 bits per heavy atom. The third-order valence-electron chi connectivity index (χ3n) is 2.34. The molecule has 0 spiro atoms. The van der Waals surface area contributed by atoms with Gasteiger partial charge in [0.25, 0.3) is 5.56 Å². The normalized spacial score (nSPS) is 11.6. The van der Waals surface area contributed by atoms with E-state index in [2.05, 4.69) is 0 Å². The lowest BCUT2D eigenvalue weighted by atomic mass is 10.1. The molecule has 0 aliphatic rings. The standard InChI is InChI=1S/C12H18N2O2/c1-8-5-6-10(9(2)15)11(16)14(8)7-12(3,4)13/h5-6H,7,13H2,1-4H3. The second kappa shape index (κ2) is 4.22. The van der Waals surface area contributed by atoms with Gasteiger partial charge in [0.1, 0.15) is 0 Å². The maximum Gasteiger partial charge on any atom is 0.261 e. The van der Waals surface area contributed by atoms with Gasteiger partial charge in [-0.3, -0.25) is 9.59 Å². The minimum absolute atomic E-state index is 0.214. The highest BCUT2D eigenvalue weighted by Gasteiger charge is 2.16. The summed E-state index contributed by atoms with van der Waals surface area (Å²) in [5, 5.41) is 0. The second-order valence-corrected chi connectivity index (χ2v) is 4.82. The summed E-state index contributed by atoms with van der Waals surface area (Å²) in [5.74, 6) is -0.214. The molecule has 0 radical (unpaired) electrons. The van der Waals surface area contributed by atoms with Gasteiger partial charge in [0.15, 0.2) is 5.78 Å². The fraction of sp³-hybridized carbons (Fsp3) is 0.500. The zero-order valence-electron chi connectivity index (χ0n) is 10.2. The van der Waals surface area contributed by atoms with Gasteiger partial charge < -0.3 is 10.3 Å². The van der Waals surface area contributed by atoms with E-state index in [1.54, 1.807) is 16.7 Å². The molecular weight excluding hydrogens is 204 g/mol. The van der Waals surface area contributed by atoms with Crippen LogP contribution in [-0.2, 0) is 6.54 Å². The minimum atomic E-state index is -0.482.